The first-order valence-corrected chi connectivity index (χ1v) is 7.10. The van der Waals surface area contributed by atoms with Gasteiger partial charge in [0, 0.05) is 10.7 Å². The van der Waals surface area contributed by atoms with Gasteiger partial charge in [-0.25, -0.2) is 12.7 Å². The Morgan fingerprint density at radius 1 is 1.33 bits per heavy atom. The Labute approximate surface area is 103 Å². The van der Waals surface area contributed by atoms with E-state index in [1.165, 1.54) is 11.4 Å². The number of nitrogens with zero attached hydrogens (tertiary/aromatic N) is 1. The average molecular weight is 341 g/mol. The number of anilines is 1. The molecule has 6 heteroatoms. The third-order valence-electron chi connectivity index (χ3n) is 1.76. The van der Waals surface area contributed by atoms with Crippen molar-refractivity contribution >= 4 is 38.3 Å². The fraction of sp³-hybridized carbons (Fsp3) is 0.333. The van der Waals surface area contributed by atoms with Crippen LogP contribution in [0.3, 0.4) is 0 Å². The third kappa shape index (κ3) is 3.62. The van der Waals surface area contributed by atoms with Gasteiger partial charge < -0.3 is 4.74 Å². The molecule has 1 rings (SSSR count). The van der Waals surface area contributed by atoms with Gasteiger partial charge in [0.25, 0.3) is 0 Å². The summed E-state index contributed by atoms with van der Waals surface area (Å²) in [6.07, 6.45) is 1.16. The number of ether oxygens (including phenoxy) is 1. The van der Waals surface area contributed by atoms with Crippen LogP contribution >= 0.6 is 22.6 Å². The molecule has 84 valence electrons. The predicted molar refractivity (Wildman–Crippen MR) is 68.4 cm³/mol. The molecule has 0 N–H and O–H groups in total. The van der Waals surface area contributed by atoms with E-state index in [9.17, 15) is 8.42 Å². The molecular weight excluding hydrogens is 329 g/mol. The number of hydrogen-bond donors (Lipinski definition) is 0. The van der Waals surface area contributed by atoms with Gasteiger partial charge in [0.1, 0.15) is 6.73 Å². The fourth-order valence-electron chi connectivity index (χ4n) is 1.09. The van der Waals surface area contributed by atoms with Crippen LogP contribution in [0.25, 0.3) is 0 Å². The topological polar surface area (TPSA) is 46.6 Å². The van der Waals surface area contributed by atoms with E-state index in [0.717, 1.165) is 9.83 Å². The number of methoxy groups -OCH3 is 1. The number of benzene rings is 1. The summed E-state index contributed by atoms with van der Waals surface area (Å²) in [5, 5.41) is 0. The van der Waals surface area contributed by atoms with Gasteiger partial charge in [-0.2, -0.15) is 0 Å². The van der Waals surface area contributed by atoms with Crippen LogP contribution in [0.4, 0.5) is 5.69 Å². The zero-order valence-electron chi connectivity index (χ0n) is 8.47. The average Bonchev–Trinajstić information content (AvgIpc) is 2.14. The Morgan fingerprint density at radius 2 is 1.87 bits per heavy atom. The molecule has 0 spiro atoms. The Hall–Kier alpha value is -0.340. The summed E-state index contributed by atoms with van der Waals surface area (Å²) in [7, 11) is -1.82. The maximum atomic E-state index is 11.5. The number of hydrogen-bond acceptors (Lipinski definition) is 3. The SMILES string of the molecule is COCN(c1ccc(I)cc1)S(C)(=O)=O. The van der Waals surface area contributed by atoms with Crippen LogP contribution in [0, 0.1) is 3.57 Å². The summed E-state index contributed by atoms with van der Waals surface area (Å²) < 4.78 is 30.0. The molecule has 15 heavy (non-hydrogen) atoms. The van der Waals surface area contributed by atoms with Crippen LogP contribution in [0.1, 0.15) is 0 Å². The second kappa shape index (κ2) is 5.13. The molecule has 0 aromatic heterocycles. The quantitative estimate of drug-likeness (QED) is 0.618. The molecule has 0 aliphatic carbocycles. The highest BCUT2D eigenvalue weighted by Gasteiger charge is 2.16. The molecule has 0 aliphatic rings. The minimum Gasteiger partial charge on any atom is -0.363 e. The van der Waals surface area contributed by atoms with Crippen molar-refractivity contribution in [1.82, 2.24) is 0 Å². The summed E-state index contributed by atoms with van der Waals surface area (Å²) in [4.78, 5) is 0. The standard InChI is InChI=1S/C9H12INO3S/c1-14-7-11(15(2,12)13)9-5-3-8(10)4-6-9/h3-6H,7H2,1-2H3. The fourth-order valence-corrected chi connectivity index (χ4v) is 2.25. The zero-order valence-corrected chi connectivity index (χ0v) is 11.4. The number of sulfonamides is 1. The second-order valence-electron chi connectivity index (χ2n) is 3.01. The lowest BCUT2D eigenvalue weighted by Gasteiger charge is -2.21. The largest absolute Gasteiger partial charge is 0.363 e. The summed E-state index contributed by atoms with van der Waals surface area (Å²) in [6, 6.07) is 7.21. The normalized spacial score (nSPS) is 11.4. The van der Waals surface area contributed by atoms with Crippen molar-refractivity contribution in [2.24, 2.45) is 0 Å². The minimum absolute atomic E-state index is 0.0272. The molecule has 0 atom stereocenters. The molecule has 0 aliphatic heterocycles. The van der Waals surface area contributed by atoms with E-state index in [0.29, 0.717) is 5.69 Å². The molecule has 0 fully saturated rings. The third-order valence-corrected chi connectivity index (χ3v) is 3.60. The van der Waals surface area contributed by atoms with Crippen LogP contribution in [0.5, 0.6) is 0 Å². The highest BCUT2D eigenvalue weighted by Crippen LogP contribution is 2.18. The maximum Gasteiger partial charge on any atom is 0.234 e. The summed E-state index contributed by atoms with van der Waals surface area (Å²) in [5.41, 5.74) is 0.611. The molecule has 1 aromatic rings. The van der Waals surface area contributed by atoms with Crippen LogP contribution in [0.15, 0.2) is 24.3 Å². The van der Waals surface area contributed by atoms with E-state index in [2.05, 4.69) is 22.6 Å². The molecule has 1 aromatic carbocycles. The van der Waals surface area contributed by atoms with Crippen molar-refractivity contribution in [3.63, 3.8) is 0 Å². The maximum absolute atomic E-state index is 11.5. The van der Waals surface area contributed by atoms with E-state index in [-0.39, 0.29) is 6.73 Å². The van der Waals surface area contributed by atoms with Crippen LogP contribution in [-0.4, -0.2) is 28.5 Å². The first kappa shape index (κ1) is 12.7. The lowest BCUT2D eigenvalue weighted by atomic mass is 10.3. The van der Waals surface area contributed by atoms with E-state index < -0.39 is 10.0 Å². The van der Waals surface area contributed by atoms with E-state index in [1.54, 1.807) is 12.1 Å². The van der Waals surface area contributed by atoms with Crippen LogP contribution in [0.2, 0.25) is 0 Å². The molecule has 0 heterocycles. The zero-order chi connectivity index (χ0) is 11.5. The Kier molecular flexibility index (Phi) is 4.35. The first-order valence-electron chi connectivity index (χ1n) is 4.17. The monoisotopic (exact) mass is 341 g/mol. The molecule has 0 unspecified atom stereocenters. The Bertz CT molecular complexity index is 415. The van der Waals surface area contributed by atoms with Gasteiger partial charge in [0.05, 0.1) is 11.9 Å². The number of rotatable bonds is 4. The van der Waals surface area contributed by atoms with Crippen molar-refractivity contribution in [2.45, 2.75) is 0 Å². The van der Waals surface area contributed by atoms with Gasteiger partial charge in [0.2, 0.25) is 10.0 Å². The molecule has 0 amide bonds. The van der Waals surface area contributed by atoms with Gasteiger partial charge >= 0.3 is 0 Å². The smallest absolute Gasteiger partial charge is 0.234 e. The first-order chi connectivity index (χ1) is 6.95. The Balaban J connectivity index is 3.05. The number of halogens is 1. The molecule has 0 saturated carbocycles. The van der Waals surface area contributed by atoms with Crippen molar-refractivity contribution in [3.05, 3.63) is 27.8 Å². The van der Waals surface area contributed by atoms with Crippen molar-refractivity contribution < 1.29 is 13.2 Å². The highest BCUT2D eigenvalue weighted by molar-refractivity contribution is 14.1. The summed E-state index contributed by atoms with van der Waals surface area (Å²) >= 11 is 2.16. The summed E-state index contributed by atoms with van der Waals surface area (Å²) in [5.74, 6) is 0. The second-order valence-corrected chi connectivity index (χ2v) is 6.16. The van der Waals surface area contributed by atoms with Gasteiger partial charge in [0.15, 0.2) is 0 Å². The minimum atomic E-state index is -3.29. The van der Waals surface area contributed by atoms with Crippen molar-refractivity contribution in [1.29, 1.82) is 0 Å². The molecule has 0 bridgehead atoms. The highest BCUT2D eigenvalue weighted by atomic mass is 127. The van der Waals surface area contributed by atoms with E-state index in [1.807, 2.05) is 12.1 Å². The lowest BCUT2D eigenvalue weighted by Crippen LogP contribution is -2.31. The summed E-state index contributed by atoms with van der Waals surface area (Å²) in [6.45, 7) is 0.0272. The molecular formula is C9H12INO3S. The van der Waals surface area contributed by atoms with Gasteiger partial charge in [-0.05, 0) is 46.9 Å². The lowest BCUT2D eigenvalue weighted by molar-refractivity contribution is 0.210. The van der Waals surface area contributed by atoms with Gasteiger partial charge in [-0.15, -0.1) is 0 Å². The van der Waals surface area contributed by atoms with Gasteiger partial charge in [-0.3, -0.25) is 0 Å². The Morgan fingerprint density at radius 3 is 2.27 bits per heavy atom. The van der Waals surface area contributed by atoms with Crippen molar-refractivity contribution in [2.75, 3.05) is 24.4 Å². The van der Waals surface area contributed by atoms with Crippen molar-refractivity contribution in [3.8, 4) is 0 Å². The predicted octanol–water partition coefficient (Wildman–Crippen LogP) is 1.66. The molecule has 0 saturated heterocycles. The molecule has 4 nitrogen and oxygen atoms in total. The van der Waals surface area contributed by atoms with E-state index in [4.69, 9.17) is 4.74 Å². The van der Waals surface area contributed by atoms with Crippen LogP contribution < -0.4 is 4.31 Å². The molecule has 0 radical (unpaired) electrons. The van der Waals surface area contributed by atoms with E-state index >= 15 is 0 Å². The van der Waals surface area contributed by atoms with Gasteiger partial charge in [-0.1, -0.05) is 0 Å². The van der Waals surface area contributed by atoms with Crippen LogP contribution in [-0.2, 0) is 14.8 Å².